The number of ether oxygens (including phenoxy) is 1. The Labute approximate surface area is 159 Å². The van der Waals surface area contributed by atoms with E-state index in [0.717, 1.165) is 29.1 Å². The quantitative estimate of drug-likeness (QED) is 0.284. The number of carbonyl (C=O) groups excluding carboxylic acids is 3. The highest BCUT2D eigenvalue weighted by Gasteiger charge is 2.43. The zero-order valence-corrected chi connectivity index (χ0v) is 17.1. The fourth-order valence-electron chi connectivity index (χ4n) is 3.13. The average molecular weight is 459 g/mol. The van der Waals surface area contributed by atoms with Gasteiger partial charge in [0.1, 0.15) is 11.3 Å². The molecule has 3 rings (SSSR count). The number of nitrogens with one attached hydrogen (secondary N) is 1. The van der Waals surface area contributed by atoms with E-state index >= 15 is 0 Å². The highest BCUT2D eigenvalue weighted by atomic mass is 127. The summed E-state index contributed by atoms with van der Waals surface area (Å²) >= 11 is 2.60. The average Bonchev–Trinajstić information content (AvgIpc) is 2.59. The van der Waals surface area contributed by atoms with Crippen LogP contribution < -0.4 is 10.7 Å². The Morgan fingerprint density at radius 3 is 2.92 bits per heavy atom. The molecule has 0 spiro atoms. The predicted octanol–water partition coefficient (Wildman–Crippen LogP) is -0.535. The molecule has 2 aliphatic rings. The molecule has 1 aromatic rings. The van der Waals surface area contributed by atoms with Gasteiger partial charge in [0.15, 0.2) is 12.5 Å². The van der Waals surface area contributed by atoms with E-state index in [1.165, 1.54) is 9.31 Å². The van der Waals surface area contributed by atoms with Crippen molar-refractivity contribution in [2.75, 3.05) is 12.0 Å². The molecule has 2 amide bonds. The Morgan fingerprint density at radius 2 is 2.25 bits per heavy atom. The van der Waals surface area contributed by atoms with Crippen LogP contribution in [0.4, 0.5) is 0 Å². The first-order chi connectivity index (χ1) is 11.5. The number of carbonyl (C=O) groups is 3. The van der Waals surface area contributed by atoms with Crippen molar-refractivity contribution in [1.82, 2.24) is 13.0 Å². The van der Waals surface area contributed by atoms with E-state index in [2.05, 4.69) is 5.32 Å². The first-order valence-electron chi connectivity index (χ1n) is 7.64. The SMILES string of the molecule is O=Cc1c2n(cc(C(=O)N[CH2][AlH2])c1=O)C1CCCOC1N(I)C2=O. The maximum absolute atomic E-state index is 12.6. The van der Waals surface area contributed by atoms with Gasteiger partial charge in [0, 0.05) is 12.8 Å². The van der Waals surface area contributed by atoms with Crippen molar-refractivity contribution in [2.24, 2.45) is 0 Å². The second-order valence-electron chi connectivity index (χ2n) is 5.61. The summed E-state index contributed by atoms with van der Waals surface area (Å²) in [6.45, 7) is 0.540. The molecule has 1 saturated heterocycles. The molecule has 0 radical (unpaired) electrons. The van der Waals surface area contributed by atoms with E-state index in [1.807, 2.05) is 22.9 Å². The van der Waals surface area contributed by atoms with Crippen LogP contribution in [0, 0.1) is 0 Å². The van der Waals surface area contributed by atoms with Crippen LogP contribution in [0.3, 0.4) is 0 Å². The third-order valence-corrected chi connectivity index (χ3v) is 5.55. The van der Waals surface area contributed by atoms with Crippen molar-refractivity contribution in [3.05, 3.63) is 33.2 Å². The monoisotopic (exact) mass is 459 g/mol. The Kier molecular flexibility index (Phi) is 5.10. The van der Waals surface area contributed by atoms with Crippen LogP contribution in [-0.2, 0) is 4.74 Å². The number of fused-ring (bicyclic) bond motifs is 3. The van der Waals surface area contributed by atoms with Crippen LogP contribution in [-0.4, -0.2) is 60.3 Å². The molecule has 10 heteroatoms. The molecule has 3 heterocycles. The molecule has 1 N–H and O–H groups in total. The van der Waals surface area contributed by atoms with Gasteiger partial charge in [-0.2, -0.15) is 0 Å². The van der Waals surface area contributed by atoms with Crippen molar-refractivity contribution in [1.29, 1.82) is 0 Å². The summed E-state index contributed by atoms with van der Waals surface area (Å²) in [5, 5.41) is 3.11. The Hall–Kier alpha value is -1.22. The Bertz CT molecular complexity index is 780. The van der Waals surface area contributed by atoms with E-state index in [4.69, 9.17) is 4.74 Å². The molecular formula is C14H15AlIN3O5. The Balaban J connectivity index is 2.25. The van der Waals surface area contributed by atoms with Gasteiger partial charge in [0.05, 0.1) is 34.5 Å². The van der Waals surface area contributed by atoms with Crippen LogP contribution in [0.1, 0.15) is 50.1 Å². The third kappa shape index (κ3) is 2.71. The summed E-state index contributed by atoms with van der Waals surface area (Å²) in [5.41, 5.74) is -1.07. The van der Waals surface area contributed by atoms with Crippen LogP contribution >= 0.6 is 22.9 Å². The largest absolute Gasteiger partial charge is 0.366 e. The van der Waals surface area contributed by atoms with Gasteiger partial charge < -0.3 is 14.6 Å². The van der Waals surface area contributed by atoms with E-state index < -0.39 is 23.5 Å². The molecule has 0 saturated carbocycles. The van der Waals surface area contributed by atoms with E-state index in [1.54, 1.807) is 4.57 Å². The number of aldehydes is 1. The van der Waals surface area contributed by atoms with E-state index in [-0.39, 0.29) is 22.9 Å². The van der Waals surface area contributed by atoms with Gasteiger partial charge in [-0.25, -0.2) is 3.11 Å². The fourth-order valence-corrected chi connectivity index (χ4v) is 4.21. The molecule has 2 unspecified atom stereocenters. The number of aromatic nitrogens is 1. The summed E-state index contributed by atoms with van der Waals surface area (Å²) in [6, 6.07) is -0.231. The highest BCUT2D eigenvalue weighted by molar-refractivity contribution is 14.1. The molecule has 0 bridgehead atoms. The normalized spacial score (nSPS) is 22.5. The number of halogens is 1. The molecular weight excluding hydrogens is 444 g/mol. The van der Waals surface area contributed by atoms with Crippen molar-refractivity contribution in [3.8, 4) is 0 Å². The van der Waals surface area contributed by atoms with E-state index in [0.29, 0.717) is 18.3 Å². The minimum Gasteiger partial charge on any atom is -0.366 e. The molecule has 0 aromatic carbocycles. The molecule has 1 fully saturated rings. The standard InChI is InChI=1S/C14H13IN3O5.Al.2H/c1-16-12(21)7-5-17-9-3-2-4-23-14(9)18(15)13(22)10(17)8(6-19)11(7)20;;;/h5-6,9,14H,1-4H2,(H,16,21);;;. The smallest absolute Gasteiger partial charge is 0.282 e. The maximum Gasteiger partial charge on any atom is 0.282 e. The van der Waals surface area contributed by atoms with Crippen LogP contribution in [0.25, 0.3) is 0 Å². The second-order valence-corrected chi connectivity index (χ2v) is 7.35. The molecule has 0 aliphatic carbocycles. The molecule has 2 atom stereocenters. The van der Waals surface area contributed by atoms with Gasteiger partial charge >= 0.3 is 0 Å². The second kappa shape index (κ2) is 6.95. The maximum atomic E-state index is 12.6. The van der Waals surface area contributed by atoms with Crippen LogP contribution in [0.15, 0.2) is 11.0 Å². The first-order valence-corrected chi connectivity index (χ1v) is 10.0. The van der Waals surface area contributed by atoms with Crippen molar-refractivity contribution < 1.29 is 19.1 Å². The van der Waals surface area contributed by atoms with Gasteiger partial charge in [-0.1, -0.05) is 0 Å². The fraction of sp³-hybridized carbons (Fsp3) is 0.429. The van der Waals surface area contributed by atoms with Crippen molar-refractivity contribution in [2.45, 2.75) is 25.1 Å². The van der Waals surface area contributed by atoms with Gasteiger partial charge in [-0.3, -0.25) is 19.2 Å². The number of rotatable bonds is 3. The number of nitrogens with zero attached hydrogens (tertiary/aromatic N) is 2. The third-order valence-electron chi connectivity index (χ3n) is 4.21. The molecule has 8 nitrogen and oxygen atoms in total. The summed E-state index contributed by atoms with van der Waals surface area (Å²) in [5.74, 6) is -0.987. The molecule has 1 aromatic heterocycles. The highest BCUT2D eigenvalue weighted by Crippen LogP contribution is 2.36. The Morgan fingerprint density at radius 1 is 1.50 bits per heavy atom. The van der Waals surface area contributed by atoms with Gasteiger partial charge in [0.2, 0.25) is 21.7 Å². The van der Waals surface area contributed by atoms with Gasteiger partial charge in [0.25, 0.3) is 11.8 Å². The number of hydrogen-bond donors (Lipinski definition) is 1. The first kappa shape index (κ1) is 17.6. The van der Waals surface area contributed by atoms with Crippen LogP contribution in [0.2, 0.25) is 0 Å². The molecule has 126 valence electrons. The number of hydrogen-bond acceptors (Lipinski definition) is 5. The lowest BCUT2D eigenvalue weighted by molar-refractivity contribution is -0.0712. The molecule has 24 heavy (non-hydrogen) atoms. The van der Waals surface area contributed by atoms with Crippen molar-refractivity contribution in [3.63, 3.8) is 0 Å². The summed E-state index contributed by atoms with van der Waals surface area (Å²) < 4.78 is 8.66. The van der Waals surface area contributed by atoms with E-state index in [9.17, 15) is 19.2 Å². The summed E-state index contributed by atoms with van der Waals surface area (Å²) in [7, 11) is 0. The topological polar surface area (TPSA) is 97.7 Å². The predicted molar refractivity (Wildman–Crippen MR) is 95.2 cm³/mol. The zero-order valence-electron chi connectivity index (χ0n) is 13.0. The lowest BCUT2D eigenvalue weighted by atomic mass is 9.99. The zero-order chi connectivity index (χ0) is 17.4. The lowest BCUT2D eigenvalue weighted by Crippen LogP contribution is -2.51. The minimum absolute atomic E-state index is 0.0265. The lowest BCUT2D eigenvalue weighted by Gasteiger charge is -2.42. The van der Waals surface area contributed by atoms with Crippen LogP contribution in [0.5, 0.6) is 0 Å². The van der Waals surface area contributed by atoms with Gasteiger partial charge in [-0.15, -0.1) is 0 Å². The molecule has 2 aliphatic heterocycles. The number of amides is 2. The van der Waals surface area contributed by atoms with Crippen molar-refractivity contribution >= 4 is 57.3 Å². The minimum atomic E-state index is -0.711. The summed E-state index contributed by atoms with van der Waals surface area (Å²) in [6.07, 6.45) is 2.80. The number of pyridine rings is 1. The summed E-state index contributed by atoms with van der Waals surface area (Å²) in [4.78, 5) is 48.8. The van der Waals surface area contributed by atoms with Gasteiger partial charge in [-0.05, 0) is 18.2 Å².